The summed E-state index contributed by atoms with van der Waals surface area (Å²) < 4.78 is 37.9. The van der Waals surface area contributed by atoms with Crippen molar-refractivity contribution in [2.24, 2.45) is 11.8 Å². The third-order valence-corrected chi connectivity index (χ3v) is 4.40. The number of hydrogen-bond donors (Lipinski definition) is 0. The molecule has 2 atom stereocenters. The van der Waals surface area contributed by atoms with Gasteiger partial charge in [0.15, 0.2) is 0 Å². The van der Waals surface area contributed by atoms with E-state index in [2.05, 4.69) is 4.31 Å². The minimum Gasteiger partial charge on any atom is -0.250 e. The van der Waals surface area contributed by atoms with Crippen molar-refractivity contribution in [3.05, 3.63) is 0 Å². The molecule has 1 nitrogen and oxygen atoms in total. The summed E-state index contributed by atoms with van der Waals surface area (Å²) in [6.07, 6.45) is -0.787. The molecule has 5 heteroatoms. The molecule has 1 heterocycles. The Morgan fingerprint density at radius 2 is 1.73 bits per heavy atom. The van der Waals surface area contributed by atoms with Gasteiger partial charge in [0, 0.05) is 18.8 Å². The maximum absolute atomic E-state index is 11.9. The number of rotatable bonds is 3. The van der Waals surface area contributed by atoms with Crippen molar-refractivity contribution in [1.82, 2.24) is 4.31 Å². The van der Waals surface area contributed by atoms with E-state index in [1.807, 2.05) is 0 Å². The highest BCUT2D eigenvalue weighted by molar-refractivity contribution is 7.97. The van der Waals surface area contributed by atoms with Crippen LogP contribution >= 0.6 is 11.9 Å². The first-order valence-corrected chi connectivity index (χ1v) is 6.43. The van der Waals surface area contributed by atoms with Crippen molar-refractivity contribution < 1.29 is 13.2 Å². The fraction of sp³-hybridized carbons (Fsp3) is 1.00. The predicted octanol–water partition coefficient (Wildman–Crippen LogP) is 3.32. The zero-order valence-corrected chi connectivity index (χ0v) is 9.41. The lowest BCUT2D eigenvalue weighted by atomic mass is 10.0. The van der Waals surface area contributed by atoms with Crippen LogP contribution in [0.5, 0.6) is 0 Å². The molecule has 1 saturated heterocycles. The molecular weight excluding hydrogens is 223 g/mol. The van der Waals surface area contributed by atoms with E-state index in [4.69, 9.17) is 0 Å². The molecule has 0 aromatic rings. The number of hydrogen-bond acceptors (Lipinski definition) is 2. The van der Waals surface area contributed by atoms with E-state index in [1.54, 1.807) is 0 Å². The van der Waals surface area contributed by atoms with Crippen molar-refractivity contribution in [1.29, 1.82) is 0 Å². The number of fused-ring (bicyclic) bond motifs is 1. The first-order chi connectivity index (χ1) is 7.04. The van der Waals surface area contributed by atoms with Crippen LogP contribution in [0, 0.1) is 11.8 Å². The Balaban J connectivity index is 1.65. The molecule has 0 radical (unpaired) electrons. The van der Waals surface area contributed by atoms with Gasteiger partial charge in [0.2, 0.25) is 0 Å². The summed E-state index contributed by atoms with van der Waals surface area (Å²) in [6.45, 7) is 2.01. The van der Waals surface area contributed by atoms with Crippen LogP contribution in [-0.4, -0.2) is 29.3 Å². The molecule has 0 N–H and O–H groups in total. The Bertz CT molecular complexity index is 207. The molecule has 2 rings (SSSR count). The lowest BCUT2D eigenvalue weighted by Crippen LogP contribution is -2.16. The molecule has 88 valence electrons. The van der Waals surface area contributed by atoms with E-state index in [0.717, 1.165) is 24.9 Å². The molecule has 0 bridgehead atoms. The molecule has 1 aliphatic carbocycles. The molecule has 2 fully saturated rings. The Labute approximate surface area is 92.5 Å². The lowest BCUT2D eigenvalue weighted by Gasteiger charge is -2.15. The van der Waals surface area contributed by atoms with E-state index in [0.29, 0.717) is 0 Å². The van der Waals surface area contributed by atoms with Gasteiger partial charge in [-0.3, -0.25) is 4.31 Å². The summed E-state index contributed by atoms with van der Waals surface area (Å²) in [5.74, 6) is 1.72. The SMILES string of the molecule is FC(F)(F)CCSN1CC2CCCC2C1. The highest BCUT2D eigenvalue weighted by Crippen LogP contribution is 2.40. The molecule has 0 aromatic heterocycles. The molecular formula is C10H16F3NS. The van der Waals surface area contributed by atoms with Gasteiger partial charge in [-0.2, -0.15) is 13.2 Å². The molecule has 2 aliphatic rings. The highest BCUT2D eigenvalue weighted by Gasteiger charge is 2.36. The van der Waals surface area contributed by atoms with Crippen molar-refractivity contribution in [2.75, 3.05) is 18.8 Å². The highest BCUT2D eigenvalue weighted by atomic mass is 32.2. The van der Waals surface area contributed by atoms with Gasteiger partial charge in [-0.05, 0) is 24.7 Å². The van der Waals surface area contributed by atoms with Crippen LogP contribution in [0.1, 0.15) is 25.7 Å². The van der Waals surface area contributed by atoms with Crippen LogP contribution in [0.15, 0.2) is 0 Å². The molecule has 15 heavy (non-hydrogen) atoms. The zero-order valence-electron chi connectivity index (χ0n) is 8.59. The number of nitrogens with zero attached hydrogens (tertiary/aromatic N) is 1. The third-order valence-electron chi connectivity index (χ3n) is 3.35. The summed E-state index contributed by atoms with van der Waals surface area (Å²) in [4.78, 5) is 0. The monoisotopic (exact) mass is 239 g/mol. The van der Waals surface area contributed by atoms with Gasteiger partial charge in [-0.15, -0.1) is 0 Å². The second-order valence-corrected chi connectivity index (χ2v) is 5.68. The number of alkyl halides is 3. The van der Waals surface area contributed by atoms with Crippen LogP contribution in [-0.2, 0) is 0 Å². The minimum atomic E-state index is -4.00. The molecule has 1 aliphatic heterocycles. The standard InChI is InChI=1S/C10H16F3NS/c11-10(12,13)4-5-15-14-6-8-2-1-3-9(8)7-14/h8-9H,1-7H2. The summed E-state index contributed by atoms with van der Waals surface area (Å²) in [7, 11) is 0. The fourth-order valence-electron chi connectivity index (χ4n) is 2.59. The molecule has 2 unspecified atom stereocenters. The summed E-state index contributed by atoms with van der Waals surface area (Å²) >= 11 is 1.38. The quantitative estimate of drug-likeness (QED) is 0.695. The van der Waals surface area contributed by atoms with E-state index in [-0.39, 0.29) is 5.75 Å². The lowest BCUT2D eigenvalue weighted by molar-refractivity contribution is -0.129. The van der Waals surface area contributed by atoms with Crippen LogP contribution < -0.4 is 0 Å². The van der Waals surface area contributed by atoms with E-state index >= 15 is 0 Å². The van der Waals surface area contributed by atoms with Gasteiger partial charge in [-0.1, -0.05) is 18.4 Å². The van der Waals surface area contributed by atoms with Crippen molar-refractivity contribution in [3.8, 4) is 0 Å². The van der Waals surface area contributed by atoms with Gasteiger partial charge < -0.3 is 0 Å². The largest absolute Gasteiger partial charge is 0.389 e. The Kier molecular flexibility index (Phi) is 3.50. The Morgan fingerprint density at radius 1 is 1.13 bits per heavy atom. The number of halogens is 3. The van der Waals surface area contributed by atoms with Gasteiger partial charge in [0.25, 0.3) is 0 Å². The Hall–Kier alpha value is 0.1000. The van der Waals surface area contributed by atoms with Gasteiger partial charge in [0.1, 0.15) is 0 Å². The van der Waals surface area contributed by atoms with Gasteiger partial charge in [0.05, 0.1) is 6.42 Å². The smallest absolute Gasteiger partial charge is 0.250 e. The van der Waals surface area contributed by atoms with Gasteiger partial charge in [-0.25, -0.2) is 0 Å². The molecule has 0 amide bonds. The topological polar surface area (TPSA) is 3.24 Å². The van der Waals surface area contributed by atoms with Gasteiger partial charge >= 0.3 is 6.18 Å². The summed E-state index contributed by atoms with van der Waals surface area (Å²) in [6, 6.07) is 0. The average Bonchev–Trinajstić information content (AvgIpc) is 2.60. The van der Waals surface area contributed by atoms with Crippen LogP contribution in [0.3, 0.4) is 0 Å². The maximum Gasteiger partial charge on any atom is 0.389 e. The van der Waals surface area contributed by atoms with Crippen molar-refractivity contribution in [3.63, 3.8) is 0 Å². The summed E-state index contributed by atoms with van der Waals surface area (Å²) in [5, 5.41) is 0. The first kappa shape index (κ1) is 11.6. The van der Waals surface area contributed by atoms with E-state index < -0.39 is 12.6 Å². The predicted molar refractivity (Wildman–Crippen MR) is 55.5 cm³/mol. The third kappa shape index (κ3) is 3.28. The molecule has 0 aromatic carbocycles. The maximum atomic E-state index is 11.9. The second kappa shape index (κ2) is 4.53. The molecule has 0 spiro atoms. The normalized spacial score (nSPS) is 32.2. The fourth-order valence-corrected chi connectivity index (χ4v) is 3.76. The Morgan fingerprint density at radius 3 is 2.27 bits per heavy atom. The van der Waals surface area contributed by atoms with Crippen LogP contribution in [0.25, 0.3) is 0 Å². The van der Waals surface area contributed by atoms with Crippen molar-refractivity contribution >= 4 is 11.9 Å². The van der Waals surface area contributed by atoms with Crippen molar-refractivity contribution in [2.45, 2.75) is 31.9 Å². The van der Waals surface area contributed by atoms with Crippen LogP contribution in [0.2, 0.25) is 0 Å². The first-order valence-electron chi connectivity index (χ1n) is 5.49. The molecule has 1 saturated carbocycles. The average molecular weight is 239 g/mol. The van der Waals surface area contributed by atoms with Crippen LogP contribution in [0.4, 0.5) is 13.2 Å². The van der Waals surface area contributed by atoms with E-state index in [9.17, 15) is 13.2 Å². The second-order valence-electron chi connectivity index (χ2n) is 4.50. The van der Waals surface area contributed by atoms with E-state index in [1.165, 1.54) is 31.2 Å². The zero-order chi connectivity index (χ0) is 10.9. The minimum absolute atomic E-state index is 0.183. The summed E-state index contributed by atoms with van der Waals surface area (Å²) in [5.41, 5.74) is 0.